The molecule has 1 unspecified atom stereocenters. The highest BCUT2D eigenvalue weighted by Crippen LogP contribution is 2.30. The van der Waals surface area contributed by atoms with Gasteiger partial charge in [-0.25, -0.2) is 0 Å². The van der Waals surface area contributed by atoms with Crippen molar-refractivity contribution < 1.29 is 14.2 Å². The van der Waals surface area contributed by atoms with Crippen molar-refractivity contribution in [1.29, 1.82) is 0 Å². The minimum atomic E-state index is -0.571. The van der Waals surface area contributed by atoms with Gasteiger partial charge in [-0.3, -0.25) is 0 Å². The maximum atomic E-state index is 6.19. The minimum Gasteiger partial charge on any atom is -0.501 e. The summed E-state index contributed by atoms with van der Waals surface area (Å²) in [5.74, 6) is 1.49. The van der Waals surface area contributed by atoms with Gasteiger partial charge < -0.3 is 14.2 Å². The number of methoxy groups -OCH3 is 2. The molecule has 0 heterocycles. The first-order valence-electron chi connectivity index (χ1n) is 7.16. The van der Waals surface area contributed by atoms with Crippen LogP contribution in [0.2, 0.25) is 0 Å². The van der Waals surface area contributed by atoms with Crippen LogP contribution in [0, 0.1) is 0 Å². The molecule has 1 aromatic carbocycles. The van der Waals surface area contributed by atoms with Crippen molar-refractivity contribution in [2.24, 2.45) is 0 Å². The third kappa shape index (κ3) is 5.54. The molecule has 0 amide bonds. The van der Waals surface area contributed by atoms with Crippen LogP contribution in [0.15, 0.2) is 54.0 Å². The second-order valence-electron chi connectivity index (χ2n) is 5.39. The molecule has 0 saturated heterocycles. The lowest BCUT2D eigenvalue weighted by Gasteiger charge is -2.31. The molecule has 21 heavy (non-hydrogen) atoms. The first-order chi connectivity index (χ1) is 10.0. The van der Waals surface area contributed by atoms with Crippen molar-refractivity contribution >= 4 is 0 Å². The Morgan fingerprint density at radius 1 is 1.14 bits per heavy atom. The highest BCUT2D eigenvalue weighted by Gasteiger charge is 2.32. The van der Waals surface area contributed by atoms with Gasteiger partial charge in [-0.2, -0.15) is 0 Å². The molecule has 0 aromatic heterocycles. The fourth-order valence-electron chi connectivity index (χ4n) is 2.11. The lowest BCUT2D eigenvalue weighted by atomic mass is 9.96. The molecule has 0 aliphatic carbocycles. The molecule has 0 radical (unpaired) electrons. The lowest BCUT2D eigenvalue weighted by Crippen LogP contribution is -2.35. The number of hydrogen-bond acceptors (Lipinski definition) is 3. The Balaban J connectivity index is 2.97. The van der Waals surface area contributed by atoms with Crippen LogP contribution in [-0.4, -0.2) is 19.8 Å². The zero-order valence-electron chi connectivity index (χ0n) is 13.7. The van der Waals surface area contributed by atoms with Crippen LogP contribution in [0.25, 0.3) is 0 Å². The van der Waals surface area contributed by atoms with Gasteiger partial charge in [-0.15, -0.1) is 0 Å². The van der Waals surface area contributed by atoms with Crippen molar-refractivity contribution in [1.82, 2.24) is 0 Å². The molecule has 1 atom stereocenters. The van der Waals surface area contributed by atoms with Gasteiger partial charge in [0.1, 0.15) is 12.0 Å². The molecule has 0 aliphatic heterocycles. The zero-order valence-corrected chi connectivity index (χ0v) is 13.7. The van der Waals surface area contributed by atoms with Crippen LogP contribution in [0.4, 0.5) is 0 Å². The van der Waals surface area contributed by atoms with Crippen molar-refractivity contribution in [3.05, 3.63) is 54.0 Å². The molecule has 116 valence electrons. The third-order valence-electron chi connectivity index (χ3n) is 3.23. The maximum absolute atomic E-state index is 6.19. The Morgan fingerprint density at radius 3 is 2.33 bits per heavy atom. The van der Waals surface area contributed by atoms with Gasteiger partial charge in [-0.1, -0.05) is 29.8 Å². The van der Waals surface area contributed by atoms with Crippen molar-refractivity contribution in [3.8, 4) is 5.75 Å². The van der Waals surface area contributed by atoms with Gasteiger partial charge in [0, 0.05) is 0 Å². The lowest BCUT2D eigenvalue weighted by molar-refractivity contribution is 0.0479. The fourth-order valence-corrected chi connectivity index (χ4v) is 2.11. The zero-order chi connectivity index (χ0) is 15.7. The average Bonchev–Trinajstić information content (AvgIpc) is 2.45. The molecule has 3 heteroatoms. The monoisotopic (exact) mass is 290 g/mol. The molecule has 0 N–H and O–H groups in total. The molecule has 0 aliphatic rings. The molecule has 1 aromatic rings. The summed E-state index contributed by atoms with van der Waals surface area (Å²) >= 11 is 0. The largest absolute Gasteiger partial charge is 0.501 e. The Morgan fingerprint density at radius 2 is 1.81 bits per heavy atom. The predicted octanol–water partition coefficient (Wildman–Crippen LogP) is 4.70. The van der Waals surface area contributed by atoms with Crippen LogP contribution < -0.4 is 4.74 Å². The topological polar surface area (TPSA) is 27.7 Å². The normalized spacial score (nSPS) is 14.0. The van der Waals surface area contributed by atoms with E-state index in [1.165, 1.54) is 5.57 Å². The maximum Gasteiger partial charge on any atom is 0.173 e. The average molecular weight is 290 g/mol. The summed E-state index contributed by atoms with van der Waals surface area (Å²) < 4.78 is 16.8. The number of benzene rings is 1. The Kier molecular flexibility index (Phi) is 6.86. The van der Waals surface area contributed by atoms with E-state index in [2.05, 4.69) is 19.9 Å². The second-order valence-corrected chi connectivity index (χ2v) is 5.39. The van der Waals surface area contributed by atoms with Crippen LogP contribution in [-0.2, 0) is 9.47 Å². The molecule has 0 fully saturated rings. The molecule has 0 spiro atoms. The van der Waals surface area contributed by atoms with E-state index >= 15 is 0 Å². The van der Waals surface area contributed by atoms with E-state index in [4.69, 9.17) is 14.2 Å². The van der Waals surface area contributed by atoms with Crippen LogP contribution >= 0.6 is 0 Å². The van der Waals surface area contributed by atoms with Gasteiger partial charge in [0.15, 0.2) is 11.4 Å². The highest BCUT2D eigenvalue weighted by atomic mass is 16.6. The van der Waals surface area contributed by atoms with Crippen LogP contribution in [0.5, 0.6) is 5.75 Å². The molecular formula is C18H26O3. The molecule has 0 bridgehead atoms. The molecule has 3 nitrogen and oxygen atoms in total. The van der Waals surface area contributed by atoms with E-state index in [9.17, 15) is 0 Å². The summed E-state index contributed by atoms with van der Waals surface area (Å²) in [5.41, 5.74) is 0.727. The van der Waals surface area contributed by atoms with Crippen molar-refractivity contribution in [2.75, 3.05) is 14.2 Å². The Labute approximate surface area is 128 Å². The highest BCUT2D eigenvalue weighted by molar-refractivity contribution is 5.24. The Bertz CT molecular complexity index is 472. The summed E-state index contributed by atoms with van der Waals surface area (Å²) in [6.07, 6.45) is 5.52. The van der Waals surface area contributed by atoms with Crippen molar-refractivity contribution in [3.63, 3.8) is 0 Å². The van der Waals surface area contributed by atoms with E-state index in [1.807, 2.05) is 37.3 Å². The number of para-hydroxylation sites is 1. The fraction of sp³-hybridized carbons (Fsp3) is 0.444. The van der Waals surface area contributed by atoms with Gasteiger partial charge in [-0.05, 0) is 45.7 Å². The third-order valence-corrected chi connectivity index (χ3v) is 3.23. The van der Waals surface area contributed by atoms with Crippen molar-refractivity contribution in [2.45, 2.75) is 39.2 Å². The first-order valence-corrected chi connectivity index (χ1v) is 7.16. The second kappa shape index (κ2) is 8.40. The van der Waals surface area contributed by atoms with Crippen LogP contribution in [0.1, 0.15) is 33.6 Å². The summed E-state index contributed by atoms with van der Waals surface area (Å²) in [6, 6.07) is 9.77. The van der Waals surface area contributed by atoms with E-state index in [0.29, 0.717) is 5.76 Å². The molecular weight excluding hydrogens is 264 g/mol. The number of ether oxygens (including phenoxy) is 3. The number of rotatable bonds is 8. The van der Waals surface area contributed by atoms with Gasteiger partial charge in [0.05, 0.1) is 14.2 Å². The molecule has 1 rings (SSSR count). The first kappa shape index (κ1) is 17.2. The smallest absolute Gasteiger partial charge is 0.173 e. The van der Waals surface area contributed by atoms with E-state index in [-0.39, 0.29) is 0 Å². The minimum absolute atomic E-state index is 0.571. The van der Waals surface area contributed by atoms with Gasteiger partial charge in [0.25, 0.3) is 0 Å². The summed E-state index contributed by atoms with van der Waals surface area (Å²) in [4.78, 5) is 0. The SMILES string of the molecule is COC=C(OC)C(C)(CCC=C(C)C)Oc1ccccc1. The summed E-state index contributed by atoms with van der Waals surface area (Å²) in [6.45, 7) is 6.21. The predicted molar refractivity (Wildman–Crippen MR) is 86.2 cm³/mol. The van der Waals surface area contributed by atoms with E-state index < -0.39 is 5.60 Å². The molecule has 0 saturated carbocycles. The standard InChI is InChI=1S/C18H26O3/c1-15(2)10-9-13-18(3,17(20-5)14-19-4)21-16-11-7-6-8-12-16/h6-8,10-12,14H,9,13H2,1-5H3. The Hall–Kier alpha value is -1.90. The van der Waals surface area contributed by atoms with Crippen LogP contribution in [0.3, 0.4) is 0 Å². The van der Waals surface area contributed by atoms with E-state index in [0.717, 1.165) is 18.6 Å². The quantitative estimate of drug-likeness (QED) is 0.513. The van der Waals surface area contributed by atoms with E-state index in [1.54, 1.807) is 20.5 Å². The number of hydrogen-bond donors (Lipinski definition) is 0. The van der Waals surface area contributed by atoms with Gasteiger partial charge in [0.2, 0.25) is 0 Å². The summed E-state index contributed by atoms with van der Waals surface area (Å²) in [7, 11) is 3.25. The number of allylic oxidation sites excluding steroid dienone is 2. The van der Waals surface area contributed by atoms with Gasteiger partial charge >= 0.3 is 0 Å². The summed E-state index contributed by atoms with van der Waals surface area (Å²) in [5, 5.41) is 0.